The summed E-state index contributed by atoms with van der Waals surface area (Å²) < 4.78 is 43.3. The van der Waals surface area contributed by atoms with Gasteiger partial charge in [-0.25, -0.2) is 17.8 Å². The number of anilines is 4. The van der Waals surface area contributed by atoms with Gasteiger partial charge in [-0.1, -0.05) is 19.9 Å². The number of halogens is 1. The Hall–Kier alpha value is -3.12. The molecule has 0 aliphatic carbocycles. The Kier molecular flexibility index (Phi) is 7.60. The normalized spacial score (nSPS) is 23.8. The first-order valence-electron chi connectivity index (χ1n) is 13.3. The maximum atomic E-state index is 14.4. The van der Waals surface area contributed by atoms with Crippen molar-refractivity contribution >= 4 is 43.9 Å². The van der Waals surface area contributed by atoms with Gasteiger partial charge in [0.1, 0.15) is 21.8 Å². The van der Waals surface area contributed by atoms with Crippen molar-refractivity contribution in [2.24, 2.45) is 5.92 Å². The quantitative estimate of drug-likeness (QED) is 0.440. The van der Waals surface area contributed by atoms with E-state index in [0.29, 0.717) is 43.0 Å². The molecule has 2 fully saturated rings. The maximum Gasteiger partial charge on any atom is 0.247 e. The van der Waals surface area contributed by atoms with Gasteiger partial charge < -0.3 is 19.9 Å². The second-order valence-corrected chi connectivity index (χ2v) is 13.2. The number of nitrogens with one attached hydrogen (secondary N) is 1. The van der Waals surface area contributed by atoms with Crippen LogP contribution in [0.3, 0.4) is 0 Å². The van der Waals surface area contributed by atoms with Crippen molar-refractivity contribution < 1.29 is 17.5 Å². The molecule has 0 radical (unpaired) electrons. The number of rotatable bonds is 8. The molecule has 3 aromatic rings. The highest BCUT2D eigenvalue weighted by Crippen LogP contribution is 2.39. The lowest BCUT2D eigenvalue weighted by atomic mass is 9.88. The zero-order valence-corrected chi connectivity index (χ0v) is 23.8. The summed E-state index contributed by atoms with van der Waals surface area (Å²) >= 11 is 0. The Labute approximate surface area is 228 Å². The van der Waals surface area contributed by atoms with Gasteiger partial charge in [-0.05, 0) is 42.3 Å². The van der Waals surface area contributed by atoms with Gasteiger partial charge in [-0.15, -0.1) is 5.10 Å². The third kappa shape index (κ3) is 5.76. The predicted molar refractivity (Wildman–Crippen MR) is 151 cm³/mol. The fourth-order valence-electron chi connectivity index (χ4n) is 5.61. The molecule has 5 rings (SSSR count). The van der Waals surface area contributed by atoms with E-state index in [4.69, 9.17) is 4.74 Å². The predicted octanol–water partition coefficient (Wildman–Crippen LogP) is 3.72. The average Bonchev–Trinajstić information content (AvgIpc) is 2.89. The molecule has 10 nitrogen and oxygen atoms in total. The zero-order chi connectivity index (χ0) is 27.9. The van der Waals surface area contributed by atoms with E-state index >= 15 is 0 Å². The Balaban J connectivity index is 1.40. The van der Waals surface area contributed by atoms with Crippen LogP contribution in [0.15, 0.2) is 30.6 Å². The minimum atomic E-state index is -3.03. The van der Waals surface area contributed by atoms with Crippen LogP contribution in [0.25, 0.3) is 10.8 Å². The molecule has 4 heterocycles. The molecule has 0 spiro atoms. The summed E-state index contributed by atoms with van der Waals surface area (Å²) in [6.45, 7) is 7.81. The van der Waals surface area contributed by atoms with Crippen molar-refractivity contribution in [3.05, 3.63) is 36.2 Å². The van der Waals surface area contributed by atoms with E-state index < -0.39 is 22.1 Å². The SMILES string of the molecule is CO[C@@H]1CCN(c2nncc(Nc3cc4c(C(C)C)ccc(N5C[C@H](CS(C)(=O)=O)[C@H]5C)c4cn3)n2)C[C@@H]1F. The molecule has 0 bridgehead atoms. The van der Waals surface area contributed by atoms with Crippen molar-refractivity contribution in [2.45, 2.75) is 51.4 Å². The summed E-state index contributed by atoms with van der Waals surface area (Å²) in [4.78, 5) is 13.3. The summed E-state index contributed by atoms with van der Waals surface area (Å²) in [5, 5.41) is 13.5. The van der Waals surface area contributed by atoms with E-state index in [1.54, 1.807) is 4.90 Å². The van der Waals surface area contributed by atoms with Crippen molar-refractivity contribution in [1.82, 2.24) is 20.2 Å². The number of benzene rings is 1. The number of hydrogen-bond donors (Lipinski definition) is 1. The number of sulfone groups is 1. The smallest absolute Gasteiger partial charge is 0.247 e. The van der Waals surface area contributed by atoms with E-state index in [-0.39, 0.29) is 24.3 Å². The standard InChI is InChI=1S/C27H36FN7O3S/c1-16(2)19-6-7-23(35-13-18(17(35)3)15-39(5,36)37)21-11-29-25(10-20(19)21)31-26-12-30-33-27(32-26)34-9-8-24(38-4)22(28)14-34/h6-7,10-12,16-18,22,24H,8-9,13-15H2,1-5H3,(H,29,31,32,33)/t17-,18-,22+,24-/m1/s1. The molecule has 1 aromatic carbocycles. The summed E-state index contributed by atoms with van der Waals surface area (Å²) in [6, 6.07) is 6.39. The van der Waals surface area contributed by atoms with E-state index in [9.17, 15) is 12.8 Å². The van der Waals surface area contributed by atoms with Crippen LogP contribution in [-0.4, -0.2) is 85.7 Å². The average molecular weight is 558 g/mol. The number of ether oxygens (including phenoxy) is 1. The minimum absolute atomic E-state index is 0.112. The molecule has 12 heteroatoms. The fraction of sp³-hybridized carbons (Fsp3) is 0.556. The van der Waals surface area contributed by atoms with E-state index in [1.165, 1.54) is 25.1 Å². The van der Waals surface area contributed by atoms with Crippen LogP contribution in [0.1, 0.15) is 38.7 Å². The van der Waals surface area contributed by atoms with Crippen LogP contribution in [0.4, 0.5) is 27.7 Å². The first-order chi connectivity index (χ1) is 18.5. The number of piperidine rings is 1. The summed E-state index contributed by atoms with van der Waals surface area (Å²) in [5.41, 5.74) is 2.24. The van der Waals surface area contributed by atoms with Crippen LogP contribution in [0, 0.1) is 5.92 Å². The lowest BCUT2D eigenvalue weighted by Gasteiger charge is -2.48. The molecule has 2 aliphatic heterocycles. The Morgan fingerprint density at radius 2 is 1.97 bits per heavy atom. The molecule has 210 valence electrons. The van der Waals surface area contributed by atoms with Crippen molar-refractivity contribution in [3.63, 3.8) is 0 Å². The zero-order valence-electron chi connectivity index (χ0n) is 23.0. The third-order valence-electron chi connectivity index (χ3n) is 7.84. The van der Waals surface area contributed by atoms with Crippen molar-refractivity contribution in [3.8, 4) is 0 Å². The number of alkyl halides is 1. The number of pyridine rings is 1. The molecule has 4 atom stereocenters. The van der Waals surface area contributed by atoms with Crippen LogP contribution < -0.4 is 15.1 Å². The molecule has 2 saturated heterocycles. The van der Waals surface area contributed by atoms with Crippen LogP contribution >= 0.6 is 0 Å². The number of nitrogens with zero attached hydrogens (tertiary/aromatic N) is 6. The summed E-state index contributed by atoms with van der Waals surface area (Å²) in [6.07, 6.45) is 3.69. The van der Waals surface area contributed by atoms with Gasteiger partial charge in [0.15, 0.2) is 5.82 Å². The molecule has 1 N–H and O–H groups in total. The third-order valence-corrected chi connectivity index (χ3v) is 8.87. The number of methoxy groups -OCH3 is 1. The van der Waals surface area contributed by atoms with E-state index in [2.05, 4.69) is 63.3 Å². The van der Waals surface area contributed by atoms with Crippen LogP contribution in [0.5, 0.6) is 0 Å². The molecule has 0 saturated carbocycles. The highest BCUT2D eigenvalue weighted by atomic mass is 32.2. The van der Waals surface area contributed by atoms with Gasteiger partial charge in [0.05, 0.1) is 24.6 Å². The number of fused-ring (bicyclic) bond motifs is 1. The molecule has 2 aliphatic rings. The van der Waals surface area contributed by atoms with Gasteiger partial charge in [-0.3, -0.25) is 0 Å². The van der Waals surface area contributed by atoms with Crippen molar-refractivity contribution in [1.29, 1.82) is 0 Å². The molecular weight excluding hydrogens is 521 g/mol. The highest BCUT2D eigenvalue weighted by molar-refractivity contribution is 7.90. The molecule has 0 amide bonds. The van der Waals surface area contributed by atoms with Crippen LogP contribution in [0.2, 0.25) is 0 Å². The fourth-order valence-corrected chi connectivity index (χ4v) is 6.77. The molecule has 0 unspecified atom stereocenters. The minimum Gasteiger partial charge on any atom is -0.378 e. The van der Waals surface area contributed by atoms with Crippen molar-refractivity contribution in [2.75, 3.05) is 53.9 Å². The molecular formula is C27H36FN7O3S. The molecule has 39 heavy (non-hydrogen) atoms. The van der Waals surface area contributed by atoms with Crippen LogP contribution in [-0.2, 0) is 14.6 Å². The largest absolute Gasteiger partial charge is 0.378 e. The number of aromatic nitrogens is 4. The van der Waals surface area contributed by atoms with E-state index in [0.717, 1.165) is 16.5 Å². The van der Waals surface area contributed by atoms with Gasteiger partial charge in [-0.2, -0.15) is 10.1 Å². The van der Waals surface area contributed by atoms with Gasteiger partial charge in [0, 0.05) is 55.7 Å². The first-order valence-corrected chi connectivity index (χ1v) is 15.4. The topological polar surface area (TPSA) is 113 Å². The Morgan fingerprint density at radius 3 is 2.64 bits per heavy atom. The lowest BCUT2D eigenvalue weighted by molar-refractivity contribution is 0.0194. The monoisotopic (exact) mass is 557 g/mol. The second kappa shape index (κ2) is 10.8. The number of hydrogen-bond acceptors (Lipinski definition) is 10. The molecule has 2 aromatic heterocycles. The summed E-state index contributed by atoms with van der Waals surface area (Å²) in [5.74, 6) is 2.04. The van der Waals surface area contributed by atoms with Gasteiger partial charge >= 0.3 is 0 Å². The summed E-state index contributed by atoms with van der Waals surface area (Å²) in [7, 11) is -1.50. The second-order valence-electron chi connectivity index (χ2n) is 11.0. The highest BCUT2D eigenvalue weighted by Gasteiger charge is 2.38. The Morgan fingerprint density at radius 1 is 1.18 bits per heavy atom. The van der Waals surface area contributed by atoms with Gasteiger partial charge in [0.25, 0.3) is 0 Å². The van der Waals surface area contributed by atoms with Gasteiger partial charge in [0.2, 0.25) is 5.95 Å². The Bertz CT molecular complexity index is 1450. The van der Waals surface area contributed by atoms with E-state index in [1.807, 2.05) is 12.3 Å². The lowest BCUT2D eigenvalue weighted by Crippen LogP contribution is -2.57. The maximum absolute atomic E-state index is 14.4. The first kappa shape index (κ1) is 27.4.